The molecule has 1 atom stereocenters. The monoisotopic (exact) mass is 390 g/mol. The Labute approximate surface area is 170 Å². The largest absolute Gasteiger partial charge is 0.481 e. The van der Waals surface area contributed by atoms with Crippen molar-refractivity contribution < 1.29 is 19.1 Å². The number of carboxylic acids is 1. The molecule has 0 unspecified atom stereocenters. The van der Waals surface area contributed by atoms with Gasteiger partial charge in [0.1, 0.15) is 11.3 Å². The van der Waals surface area contributed by atoms with Crippen molar-refractivity contribution >= 4 is 22.7 Å². The minimum atomic E-state index is -0.892. The van der Waals surface area contributed by atoms with Crippen LogP contribution in [0, 0.1) is 5.92 Å². The molecule has 1 heterocycles. The lowest BCUT2D eigenvalue weighted by atomic mass is 9.92. The Morgan fingerprint density at radius 2 is 1.86 bits per heavy atom. The van der Waals surface area contributed by atoms with E-state index in [-0.39, 0.29) is 12.2 Å². The number of aryl methyl sites for hydroxylation is 3. The van der Waals surface area contributed by atoms with Crippen LogP contribution < -0.4 is 0 Å². The fourth-order valence-corrected chi connectivity index (χ4v) is 4.29. The highest BCUT2D eigenvalue weighted by molar-refractivity contribution is 6.01. The molecule has 0 fully saturated rings. The standard InChI is InChI=1S/C25H26O4/c26-22(18-13-14-21-20-11-6-12-23(20)29-24(21)16-18)15-19(25(27)28)10-5-4-9-17-7-2-1-3-8-17/h1-3,7-8,13-14,16,19H,4-6,9-12,15H2,(H,27,28)/t19-/m1/s1. The van der Waals surface area contributed by atoms with Gasteiger partial charge in [-0.05, 0) is 43.7 Å². The first-order valence-electron chi connectivity index (χ1n) is 10.5. The third-order valence-electron chi connectivity index (χ3n) is 5.92. The Hall–Kier alpha value is -2.88. The molecule has 4 rings (SSSR count). The van der Waals surface area contributed by atoms with Gasteiger partial charge in [0.25, 0.3) is 0 Å². The molecule has 2 aromatic carbocycles. The highest BCUT2D eigenvalue weighted by atomic mass is 16.4. The summed E-state index contributed by atoms with van der Waals surface area (Å²) in [5.41, 5.74) is 3.81. The fourth-order valence-electron chi connectivity index (χ4n) is 4.29. The van der Waals surface area contributed by atoms with Crippen LogP contribution >= 0.6 is 0 Å². The zero-order valence-corrected chi connectivity index (χ0v) is 16.5. The van der Waals surface area contributed by atoms with E-state index in [0.29, 0.717) is 12.0 Å². The fraction of sp³-hybridized carbons (Fsp3) is 0.360. The van der Waals surface area contributed by atoms with Crippen molar-refractivity contribution in [2.24, 2.45) is 5.92 Å². The first kappa shape index (κ1) is 19.4. The maximum absolute atomic E-state index is 12.7. The molecule has 1 aliphatic carbocycles. The van der Waals surface area contributed by atoms with E-state index in [1.54, 1.807) is 6.07 Å². The lowest BCUT2D eigenvalue weighted by molar-refractivity contribution is -0.141. The smallest absolute Gasteiger partial charge is 0.306 e. The van der Waals surface area contributed by atoms with Crippen LogP contribution in [0.2, 0.25) is 0 Å². The Balaban J connectivity index is 1.36. The number of benzene rings is 2. The number of carboxylic acid groups (broad SMARTS) is 1. The van der Waals surface area contributed by atoms with Gasteiger partial charge in [0.05, 0.1) is 5.92 Å². The number of hydrogen-bond donors (Lipinski definition) is 1. The normalized spacial score (nSPS) is 14.1. The minimum Gasteiger partial charge on any atom is -0.481 e. The topological polar surface area (TPSA) is 67.5 Å². The lowest BCUT2D eigenvalue weighted by Crippen LogP contribution is -2.18. The lowest BCUT2D eigenvalue weighted by Gasteiger charge is -2.12. The summed E-state index contributed by atoms with van der Waals surface area (Å²) in [7, 11) is 0. The van der Waals surface area contributed by atoms with Gasteiger partial charge in [-0.2, -0.15) is 0 Å². The van der Waals surface area contributed by atoms with Gasteiger partial charge in [-0.1, -0.05) is 48.9 Å². The molecule has 0 bridgehead atoms. The number of aliphatic carboxylic acids is 1. The number of furan rings is 1. The molecule has 0 saturated carbocycles. The number of Topliss-reactive ketones (excluding diaryl/α,β-unsaturated/α-hetero) is 1. The number of carbonyl (C=O) groups is 2. The van der Waals surface area contributed by atoms with Crippen LogP contribution in [0.25, 0.3) is 11.0 Å². The SMILES string of the molecule is O=C(C[C@@H](CCCCc1ccccc1)C(=O)O)c1ccc2c3c(oc2c1)CCC3. The summed E-state index contributed by atoms with van der Waals surface area (Å²) in [5.74, 6) is -0.628. The molecule has 0 radical (unpaired) electrons. The zero-order valence-electron chi connectivity index (χ0n) is 16.5. The number of carbonyl (C=O) groups excluding carboxylic acids is 1. The maximum atomic E-state index is 12.7. The molecule has 4 heteroatoms. The molecular formula is C25H26O4. The van der Waals surface area contributed by atoms with E-state index >= 15 is 0 Å². The number of hydrogen-bond acceptors (Lipinski definition) is 3. The first-order valence-corrected chi connectivity index (χ1v) is 10.5. The molecule has 3 aromatic rings. The van der Waals surface area contributed by atoms with Crippen molar-refractivity contribution in [1.29, 1.82) is 0 Å². The Kier molecular flexibility index (Phi) is 5.79. The van der Waals surface area contributed by atoms with Crippen molar-refractivity contribution in [1.82, 2.24) is 0 Å². The highest BCUT2D eigenvalue weighted by Crippen LogP contribution is 2.33. The van der Waals surface area contributed by atoms with Gasteiger partial charge in [-0.25, -0.2) is 0 Å². The van der Waals surface area contributed by atoms with Gasteiger partial charge in [-0.3, -0.25) is 9.59 Å². The van der Waals surface area contributed by atoms with Crippen molar-refractivity contribution in [3.05, 3.63) is 71.0 Å². The van der Waals surface area contributed by atoms with E-state index in [0.717, 1.165) is 55.3 Å². The van der Waals surface area contributed by atoms with Gasteiger partial charge >= 0.3 is 5.97 Å². The minimum absolute atomic E-state index is 0.0343. The molecule has 4 nitrogen and oxygen atoms in total. The van der Waals surface area contributed by atoms with Crippen LogP contribution in [-0.4, -0.2) is 16.9 Å². The number of rotatable bonds is 9. The zero-order chi connectivity index (χ0) is 20.2. The molecule has 0 amide bonds. The van der Waals surface area contributed by atoms with E-state index in [4.69, 9.17) is 4.42 Å². The third-order valence-corrected chi connectivity index (χ3v) is 5.92. The van der Waals surface area contributed by atoms with E-state index < -0.39 is 11.9 Å². The molecule has 1 aromatic heterocycles. The second-order valence-corrected chi connectivity index (χ2v) is 7.96. The third kappa shape index (κ3) is 4.42. The van der Waals surface area contributed by atoms with Crippen LogP contribution in [0.4, 0.5) is 0 Å². The summed E-state index contributed by atoms with van der Waals surface area (Å²) in [4.78, 5) is 24.4. The molecule has 150 valence electrons. The average Bonchev–Trinajstić information content (AvgIpc) is 3.31. The average molecular weight is 390 g/mol. The van der Waals surface area contributed by atoms with Gasteiger partial charge in [0.15, 0.2) is 5.78 Å². The van der Waals surface area contributed by atoms with E-state index in [1.165, 1.54) is 11.1 Å². The van der Waals surface area contributed by atoms with Crippen molar-refractivity contribution in [2.45, 2.75) is 51.4 Å². The van der Waals surface area contributed by atoms with E-state index in [9.17, 15) is 14.7 Å². The van der Waals surface area contributed by atoms with Crippen molar-refractivity contribution in [3.8, 4) is 0 Å². The Morgan fingerprint density at radius 1 is 1.03 bits per heavy atom. The molecule has 0 aliphatic heterocycles. The van der Waals surface area contributed by atoms with Crippen LogP contribution in [0.15, 0.2) is 52.9 Å². The van der Waals surface area contributed by atoms with Crippen molar-refractivity contribution in [3.63, 3.8) is 0 Å². The maximum Gasteiger partial charge on any atom is 0.306 e. The highest BCUT2D eigenvalue weighted by Gasteiger charge is 2.23. The Bertz CT molecular complexity index is 1020. The predicted octanol–water partition coefficient (Wildman–Crippen LogP) is 5.61. The summed E-state index contributed by atoms with van der Waals surface area (Å²) in [6.45, 7) is 0. The predicted molar refractivity (Wildman–Crippen MR) is 112 cm³/mol. The van der Waals surface area contributed by atoms with E-state index in [1.807, 2.05) is 30.3 Å². The molecule has 1 N–H and O–H groups in total. The summed E-state index contributed by atoms with van der Waals surface area (Å²) >= 11 is 0. The quantitative estimate of drug-likeness (QED) is 0.381. The second kappa shape index (κ2) is 8.64. The summed E-state index contributed by atoms with van der Waals surface area (Å²) < 4.78 is 5.91. The Morgan fingerprint density at radius 3 is 2.66 bits per heavy atom. The van der Waals surface area contributed by atoms with Crippen LogP contribution in [0.3, 0.4) is 0 Å². The summed E-state index contributed by atoms with van der Waals surface area (Å²) in [6, 6.07) is 15.7. The summed E-state index contributed by atoms with van der Waals surface area (Å²) in [6.07, 6.45) is 6.31. The number of fused-ring (bicyclic) bond motifs is 3. The van der Waals surface area contributed by atoms with Gasteiger partial charge in [0, 0.05) is 29.4 Å². The molecule has 0 saturated heterocycles. The van der Waals surface area contributed by atoms with Crippen LogP contribution in [0.5, 0.6) is 0 Å². The second-order valence-electron chi connectivity index (χ2n) is 7.96. The number of ketones is 1. The van der Waals surface area contributed by atoms with Gasteiger partial charge < -0.3 is 9.52 Å². The van der Waals surface area contributed by atoms with Gasteiger partial charge in [0.2, 0.25) is 0 Å². The van der Waals surface area contributed by atoms with Gasteiger partial charge in [-0.15, -0.1) is 0 Å². The van der Waals surface area contributed by atoms with Crippen LogP contribution in [-0.2, 0) is 24.1 Å². The molecule has 1 aliphatic rings. The van der Waals surface area contributed by atoms with E-state index in [2.05, 4.69) is 12.1 Å². The molecule has 0 spiro atoms. The molecule has 29 heavy (non-hydrogen) atoms. The number of unbranched alkanes of at least 4 members (excludes halogenated alkanes) is 1. The summed E-state index contributed by atoms with van der Waals surface area (Å²) in [5, 5.41) is 10.7. The van der Waals surface area contributed by atoms with Crippen molar-refractivity contribution in [2.75, 3.05) is 0 Å². The van der Waals surface area contributed by atoms with Crippen LogP contribution in [0.1, 0.15) is 59.3 Å². The first-order chi connectivity index (χ1) is 14.1. The molecular weight excluding hydrogens is 364 g/mol.